The first kappa shape index (κ1) is 14.0. The topological polar surface area (TPSA) is 40.5 Å². The van der Waals surface area contributed by atoms with Crippen molar-refractivity contribution in [3.05, 3.63) is 58.6 Å². The van der Waals surface area contributed by atoms with Gasteiger partial charge in [0.05, 0.1) is 5.02 Å². The Bertz CT molecular complexity index is 699. The zero-order valence-corrected chi connectivity index (χ0v) is 12.5. The summed E-state index contributed by atoms with van der Waals surface area (Å²) in [6.07, 6.45) is 1.92. The Balaban J connectivity index is 2.02. The second-order valence-electron chi connectivity index (χ2n) is 5.36. The first-order valence-corrected chi connectivity index (χ1v) is 7.35. The molecule has 0 aromatic heterocycles. The molecule has 1 N–H and O–H groups in total. The van der Waals surface area contributed by atoms with Crippen molar-refractivity contribution in [2.45, 2.75) is 25.8 Å². The van der Waals surface area contributed by atoms with E-state index in [0.29, 0.717) is 5.56 Å². The molecule has 3 rings (SSSR count). The fourth-order valence-corrected chi connectivity index (χ4v) is 2.96. The molecule has 1 atom stereocenters. The van der Waals surface area contributed by atoms with Gasteiger partial charge in [0.25, 0.3) is 5.91 Å². The van der Waals surface area contributed by atoms with Crippen LogP contribution in [0.25, 0.3) is 0 Å². The van der Waals surface area contributed by atoms with Gasteiger partial charge in [-0.1, -0.05) is 29.8 Å². The van der Waals surface area contributed by atoms with Gasteiger partial charge >= 0.3 is 0 Å². The zero-order chi connectivity index (χ0) is 15.0. The van der Waals surface area contributed by atoms with Crippen LogP contribution in [0.3, 0.4) is 0 Å². The Labute approximate surface area is 128 Å². The Kier molecular flexibility index (Phi) is 3.60. The summed E-state index contributed by atoms with van der Waals surface area (Å²) in [7, 11) is 0. The highest BCUT2D eigenvalue weighted by molar-refractivity contribution is 6.32. The number of carbonyl (C=O) groups is 1. The first-order chi connectivity index (χ1) is 10.1. The molecule has 21 heavy (non-hydrogen) atoms. The highest BCUT2D eigenvalue weighted by Gasteiger charge is 2.28. The van der Waals surface area contributed by atoms with Crippen molar-refractivity contribution >= 4 is 23.2 Å². The molecule has 0 saturated carbocycles. The lowest BCUT2D eigenvalue weighted by atomic mass is 9.96. The fraction of sp³-hybridized carbons (Fsp3) is 0.235. The molecule has 2 aromatic carbocycles. The molecule has 1 heterocycles. The van der Waals surface area contributed by atoms with Crippen LogP contribution in [0.2, 0.25) is 5.02 Å². The number of hydrogen-bond donors (Lipinski definition) is 1. The molecule has 0 spiro atoms. The number of fused-ring (bicyclic) bond motifs is 1. The van der Waals surface area contributed by atoms with Crippen molar-refractivity contribution in [1.29, 1.82) is 0 Å². The van der Waals surface area contributed by atoms with Gasteiger partial charge in [0.2, 0.25) is 0 Å². The van der Waals surface area contributed by atoms with E-state index in [-0.39, 0.29) is 22.7 Å². The van der Waals surface area contributed by atoms with Crippen LogP contribution in [0.5, 0.6) is 5.75 Å². The van der Waals surface area contributed by atoms with Crippen molar-refractivity contribution in [3.63, 3.8) is 0 Å². The third kappa shape index (κ3) is 2.49. The summed E-state index contributed by atoms with van der Waals surface area (Å²) in [4.78, 5) is 14.6. The maximum atomic E-state index is 12.8. The average Bonchev–Trinajstić information content (AvgIpc) is 2.49. The summed E-state index contributed by atoms with van der Waals surface area (Å²) < 4.78 is 0. The molecule has 4 heteroatoms. The number of benzene rings is 2. The van der Waals surface area contributed by atoms with Crippen LogP contribution in [0, 0.1) is 0 Å². The standard InChI is InChI=1S/C17H16ClNO2/c1-11-6-7-12-4-2-3-5-15(12)19(11)17(21)13-8-9-16(20)14(18)10-13/h2-5,8-11,20H,6-7H2,1H3. The smallest absolute Gasteiger partial charge is 0.258 e. The SMILES string of the molecule is CC1CCc2ccccc2N1C(=O)c1ccc(O)c(Cl)c1. The molecule has 1 aliphatic rings. The van der Waals surface area contributed by atoms with Crippen LogP contribution in [0.4, 0.5) is 5.69 Å². The summed E-state index contributed by atoms with van der Waals surface area (Å²) in [5.74, 6) is -0.100. The number of anilines is 1. The van der Waals surface area contributed by atoms with E-state index in [1.807, 2.05) is 23.1 Å². The largest absolute Gasteiger partial charge is 0.506 e. The molecular formula is C17H16ClNO2. The molecule has 1 amide bonds. The lowest BCUT2D eigenvalue weighted by Gasteiger charge is -2.35. The van der Waals surface area contributed by atoms with Crippen LogP contribution >= 0.6 is 11.6 Å². The van der Waals surface area contributed by atoms with Gasteiger partial charge in [0.15, 0.2) is 0 Å². The molecular weight excluding hydrogens is 286 g/mol. The van der Waals surface area contributed by atoms with E-state index in [2.05, 4.69) is 13.0 Å². The van der Waals surface area contributed by atoms with Gasteiger partial charge in [0, 0.05) is 17.3 Å². The van der Waals surface area contributed by atoms with Gasteiger partial charge in [-0.05, 0) is 49.6 Å². The fourth-order valence-electron chi connectivity index (χ4n) is 2.78. The third-order valence-electron chi connectivity index (χ3n) is 3.94. The number of carbonyl (C=O) groups excluding carboxylic acids is 1. The highest BCUT2D eigenvalue weighted by Crippen LogP contribution is 2.32. The van der Waals surface area contributed by atoms with Crippen molar-refractivity contribution in [1.82, 2.24) is 0 Å². The second kappa shape index (κ2) is 5.41. The predicted octanol–water partition coefficient (Wildman–Crippen LogP) is 4.03. The Hall–Kier alpha value is -2.00. The number of amides is 1. The highest BCUT2D eigenvalue weighted by atomic mass is 35.5. The van der Waals surface area contributed by atoms with Gasteiger partial charge < -0.3 is 10.0 Å². The van der Waals surface area contributed by atoms with Crippen LogP contribution in [0.15, 0.2) is 42.5 Å². The monoisotopic (exact) mass is 301 g/mol. The summed E-state index contributed by atoms with van der Waals surface area (Å²) in [5.41, 5.74) is 2.64. The second-order valence-corrected chi connectivity index (χ2v) is 5.76. The Morgan fingerprint density at radius 1 is 1.29 bits per heavy atom. The summed E-state index contributed by atoms with van der Waals surface area (Å²) in [5, 5.41) is 9.68. The Morgan fingerprint density at radius 3 is 2.81 bits per heavy atom. The first-order valence-electron chi connectivity index (χ1n) is 6.98. The lowest BCUT2D eigenvalue weighted by Crippen LogP contribution is -2.42. The maximum absolute atomic E-state index is 12.8. The molecule has 0 saturated heterocycles. The van der Waals surface area contributed by atoms with Crippen LogP contribution in [-0.4, -0.2) is 17.1 Å². The molecule has 2 aromatic rings. The predicted molar refractivity (Wildman–Crippen MR) is 84.2 cm³/mol. The normalized spacial score (nSPS) is 17.4. The molecule has 1 unspecified atom stereocenters. The summed E-state index contributed by atoms with van der Waals surface area (Å²) in [6.45, 7) is 2.05. The van der Waals surface area contributed by atoms with E-state index in [1.165, 1.54) is 17.7 Å². The summed E-state index contributed by atoms with van der Waals surface area (Å²) in [6, 6.07) is 12.7. The van der Waals surface area contributed by atoms with E-state index in [4.69, 9.17) is 11.6 Å². The molecule has 1 aliphatic heterocycles. The van der Waals surface area contributed by atoms with Crippen LogP contribution in [0.1, 0.15) is 29.3 Å². The number of hydrogen-bond acceptors (Lipinski definition) is 2. The van der Waals surface area contributed by atoms with Crippen molar-refractivity contribution in [2.75, 3.05) is 4.90 Å². The molecule has 0 bridgehead atoms. The van der Waals surface area contributed by atoms with Crippen molar-refractivity contribution in [2.24, 2.45) is 0 Å². The minimum absolute atomic E-state index is 0.0136. The quantitative estimate of drug-likeness (QED) is 0.864. The van der Waals surface area contributed by atoms with Gasteiger partial charge in [0.1, 0.15) is 5.75 Å². The van der Waals surface area contributed by atoms with Crippen molar-refractivity contribution < 1.29 is 9.90 Å². The van der Waals surface area contributed by atoms with E-state index in [9.17, 15) is 9.90 Å². The van der Waals surface area contributed by atoms with Gasteiger partial charge in [-0.3, -0.25) is 4.79 Å². The Morgan fingerprint density at radius 2 is 2.05 bits per heavy atom. The number of para-hydroxylation sites is 1. The zero-order valence-electron chi connectivity index (χ0n) is 11.7. The number of nitrogens with zero attached hydrogens (tertiary/aromatic N) is 1. The average molecular weight is 302 g/mol. The minimum Gasteiger partial charge on any atom is -0.506 e. The number of phenolic OH excluding ortho intramolecular Hbond substituents is 1. The third-order valence-corrected chi connectivity index (χ3v) is 4.24. The number of rotatable bonds is 1. The maximum Gasteiger partial charge on any atom is 0.258 e. The number of halogens is 1. The molecule has 108 valence electrons. The molecule has 0 aliphatic carbocycles. The number of aromatic hydroxyl groups is 1. The van der Waals surface area contributed by atoms with E-state index >= 15 is 0 Å². The van der Waals surface area contributed by atoms with E-state index in [1.54, 1.807) is 6.07 Å². The molecule has 0 radical (unpaired) electrons. The minimum atomic E-state index is -0.0865. The molecule has 3 nitrogen and oxygen atoms in total. The van der Waals surface area contributed by atoms with Crippen molar-refractivity contribution in [3.8, 4) is 5.75 Å². The van der Waals surface area contributed by atoms with Crippen LogP contribution in [-0.2, 0) is 6.42 Å². The number of phenols is 1. The van der Waals surface area contributed by atoms with Gasteiger partial charge in [-0.2, -0.15) is 0 Å². The van der Waals surface area contributed by atoms with E-state index in [0.717, 1.165) is 18.5 Å². The summed E-state index contributed by atoms with van der Waals surface area (Å²) >= 11 is 5.91. The van der Waals surface area contributed by atoms with E-state index < -0.39 is 0 Å². The van der Waals surface area contributed by atoms with Gasteiger partial charge in [-0.15, -0.1) is 0 Å². The molecule has 0 fully saturated rings. The van der Waals surface area contributed by atoms with Gasteiger partial charge in [-0.25, -0.2) is 0 Å². The lowest BCUT2D eigenvalue weighted by molar-refractivity contribution is 0.0975. The van der Waals surface area contributed by atoms with Crippen LogP contribution < -0.4 is 4.90 Å². The number of aryl methyl sites for hydroxylation is 1.